The van der Waals surface area contributed by atoms with E-state index in [-0.39, 0.29) is 29.8 Å². The Labute approximate surface area is 226 Å². The summed E-state index contributed by atoms with van der Waals surface area (Å²) in [6.45, 7) is 8.00. The second-order valence-electron chi connectivity index (χ2n) is 9.04. The first-order valence-electron chi connectivity index (χ1n) is 12.1. The maximum absolute atomic E-state index is 14.0. The molecule has 1 aliphatic heterocycles. The highest BCUT2D eigenvalue weighted by Gasteiger charge is 2.39. The normalized spacial score (nSPS) is 16.7. The van der Waals surface area contributed by atoms with Gasteiger partial charge in [0.2, 0.25) is 11.9 Å². The molecular formula is C26H25F4N7O3. The molecule has 4 rings (SSSR count). The highest BCUT2D eigenvalue weighted by atomic mass is 19.4. The van der Waals surface area contributed by atoms with Crippen LogP contribution in [-0.4, -0.2) is 50.8 Å². The molecule has 1 saturated heterocycles. The lowest BCUT2D eigenvalue weighted by Crippen LogP contribution is -2.39. The second-order valence-corrected chi connectivity index (χ2v) is 9.04. The van der Waals surface area contributed by atoms with Gasteiger partial charge in [-0.3, -0.25) is 14.7 Å². The average molecular weight is 560 g/mol. The Balaban J connectivity index is 1.58. The van der Waals surface area contributed by atoms with Crippen LogP contribution >= 0.6 is 0 Å². The van der Waals surface area contributed by atoms with Gasteiger partial charge in [-0.1, -0.05) is 6.58 Å². The van der Waals surface area contributed by atoms with Crippen LogP contribution in [0.25, 0.3) is 11.1 Å². The van der Waals surface area contributed by atoms with E-state index in [1.54, 1.807) is 19.9 Å². The first-order valence-corrected chi connectivity index (χ1v) is 12.1. The summed E-state index contributed by atoms with van der Waals surface area (Å²) in [5.41, 5.74) is 0.509. The number of anilines is 3. The number of rotatable bonds is 8. The van der Waals surface area contributed by atoms with Crippen molar-refractivity contribution in [3.8, 4) is 11.1 Å². The molecule has 10 nitrogen and oxygen atoms in total. The first-order chi connectivity index (χ1) is 18.9. The van der Waals surface area contributed by atoms with Crippen LogP contribution in [-0.2, 0) is 15.7 Å². The molecule has 0 saturated carbocycles. The number of halogens is 4. The number of aromatic nitrogens is 4. The van der Waals surface area contributed by atoms with Crippen molar-refractivity contribution >= 4 is 29.6 Å². The molecule has 3 atom stereocenters. The highest BCUT2D eigenvalue weighted by Crippen LogP contribution is 2.34. The molecule has 1 aliphatic rings. The molecule has 2 N–H and O–H groups in total. The van der Waals surface area contributed by atoms with E-state index in [2.05, 4.69) is 37.1 Å². The van der Waals surface area contributed by atoms with Crippen molar-refractivity contribution in [3.05, 3.63) is 66.3 Å². The molecule has 0 unspecified atom stereocenters. The maximum atomic E-state index is 14.0. The van der Waals surface area contributed by atoms with Crippen LogP contribution in [0.15, 0.2) is 49.3 Å². The van der Waals surface area contributed by atoms with Gasteiger partial charge in [0.05, 0.1) is 11.7 Å². The lowest BCUT2D eigenvalue weighted by molar-refractivity contribution is -0.141. The van der Waals surface area contributed by atoms with Crippen molar-refractivity contribution in [2.45, 2.75) is 45.2 Å². The van der Waals surface area contributed by atoms with Crippen molar-refractivity contribution in [2.75, 3.05) is 22.1 Å². The predicted octanol–water partition coefficient (Wildman–Crippen LogP) is 5.24. The summed E-state index contributed by atoms with van der Waals surface area (Å²) < 4.78 is 59.4. The summed E-state index contributed by atoms with van der Waals surface area (Å²) in [5, 5.41) is 5.32. The molecule has 40 heavy (non-hydrogen) atoms. The Morgan fingerprint density at radius 1 is 1.23 bits per heavy atom. The molecule has 3 aromatic rings. The maximum Gasteiger partial charge on any atom is 0.433 e. The van der Waals surface area contributed by atoms with Crippen molar-refractivity contribution in [1.29, 1.82) is 0 Å². The van der Waals surface area contributed by atoms with Crippen molar-refractivity contribution in [2.24, 2.45) is 0 Å². The average Bonchev–Trinajstić information content (AvgIpc) is 3.29. The number of hydrogen-bond acceptors (Lipinski definition) is 8. The Morgan fingerprint density at radius 3 is 2.62 bits per heavy atom. The predicted molar refractivity (Wildman–Crippen MR) is 138 cm³/mol. The largest absolute Gasteiger partial charge is 0.447 e. The Hall–Kier alpha value is -4.62. The zero-order chi connectivity index (χ0) is 29.2. The van der Waals surface area contributed by atoms with Gasteiger partial charge in [0.1, 0.15) is 36.2 Å². The minimum atomic E-state index is -4.74. The smallest absolute Gasteiger partial charge is 0.433 e. The minimum Gasteiger partial charge on any atom is -0.447 e. The number of nitrogens with zero attached hydrogens (tertiary/aromatic N) is 5. The number of amides is 2. The van der Waals surface area contributed by atoms with Crippen molar-refractivity contribution in [3.63, 3.8) is 0 Å². The quantitative estimate of drug-likeness (QED) is 0.284. The van der Waals surface area contributed by atoms with Gasteiger partial charge in [0, 0.05) is 18.0 Å². The van der Waals surface area contributed by atoms with Gasteiger partial charge in [-0.2, -0.15) is 18.2 Å². The Bertz CT molecular complexity index is 1450. The van der Waals surface area contributed by atoms with Gasteiger partial charge in [-0.05, 0) is 62.2 Å². The number of nitrogens with one attached hydrogen (secondary N) is 2. The second kappa shape index (κ2) is 11.2. The van der Waals surface area contributed by atoms with Gasteiger partial charge in [0.25, 0.3) is 0 Å². The van der Waals surface area contributed by atoms with E-state index in [1.807, 2.05) is 0 Å². The van der Waals surface area contributed by atoms with E-state index in [9.17, 15) is 27.2 Å². The molecule has 210 valence electrons. The van der Waals surface area contributed by atoms with Gasteiger partial charge in [0.15, 0.2) is 0 Å². The SMILES string of the molecule is C=CC(=O)Nc1cc(-c2cnc([C@H](C)Nc3nccc(N4C(=O)OC[C@@H]4[C@H](C)F)n3)cc2C)cc(C(F)(F)F)n1. The summed E-state index contributed by atoms with van der Waals surface area (Å²) in [6, 6.07) is 4.06. The Morgan fingerprint density at radius 2 is 1.98 bits per heavy atom. The number of ether oxygens (including phenoxy) is 1. The third kappa shape index (κ3) is 6.16. The zero-order valence-electron chi connectivity index (χ0n) is 21.7. The minimum absolute atomic E-state index is 0.0979. The summed E-state index contributed by atoms with van der Waals surface area (Å²) in [7, 11) is 0. The van der Waals surface area contributed by atoms with Crippen molar-refractivity contribution < 1.29 is 31.9 Å². The van der Waals surface area contributed by atoms with Crippen molar-refractivity contribution in [1.82, 2.24) is 19.9 Å². The molecule has 0 aromatic carbocycles. The van der Waals surface area contributed by atoms with Gasteiger partial charge >= 0.3 is 12.3 Å². The number of hydrogen-bond donors (Lipinski definition) is 2. The zero-order valence-corrected chi connectivity index (χ0v) is 21.7. The van der Waals surface area contributed by atoms with Crippen LogP contribution in [0.3, 0.4) is 0 Å². The van der Waals surface area contributed by atoms with E-state index >= 15 is 0 Å². The molecule has 0 radical (unpaired) electrons. The van der Waals surface area contributed by atoms with Crippen LogP contribution in [0.1, 0.15) is 36.8 Å². The monoisotopic (exact) mass is 559 g/mol. The van der Waals surface area contributed by atoms with E-state index in [4.69, 9.17) is 4.74 Å². The van der Waals surface area contributed by atoms with Gasteiger partial charge in [-0.15, -0.1) is 0 Å². The van der Waals surface area contributed by atoms with E-state index in [0.29, 0.717) is 16.8 Å². The molecule has 14 heteroatoms. The Kier molecular flexibility index (Phi) is 7.98. The fourth-order valence-corrected chi connectivity index (χ4v) is 4.05. The molecule has 4 heterocycles. The molecule has 1 fully saturated rings. The fraction of sp³-hybridized carbons (Fsp3) is 0.308. The van der Waals surface area contributed by atoms with Gasteiger partial charge < -0.3 is 15.4 Å². The lowest BCUT2D eigenvalue weighted by Gasteiger charge is -2.22. The first kappa shape index (κ1) is 28.4. The molecular weight excluding hydrogens is 534 g/mol. The molecule has 0 bridgehead atoms. The molecule has 2 amide bonds. The highest BCUT2D eigenvalue weighted by molar-refractivity contribution is 5.98. The summed E-state index contributed by atoms with van der Waals surface area (Å²) >= 11 is 0. The summed E-state index contributed by atoms with van der Waals surface area (Å²) in [4.78, 5) is 41.3. The molecule has 3 aromatic heterocycles. The number of alkyl halides is 4. The number of aryl methyl sites for hydroxylation is 1. The topological polar surface area (TPSA) is 122 Å². The standard InChI is InChI=1S/C26H25F4N7O3/c1-5-23(38)35-21-10-16(9-20(34-21)26(28,29)30)17-11-32-18(8-13(17)2)15(4)33-24-31-7-6-22(36-24)37-19(14(3)27)12-40-25(37)39/h5-11,14-15,19H,1,12H2,2-4H3,(H,31,33,36)(H,34,35,38)/t14-,15-,19+/m0/s1. The van der Waals surface area contributed by atoms with E-state index < -0.39 is 42.1 Å². The summed E-state index contributed by atoms with van der Waals surface area (Å²) in [6.07, 6.45) is -3.04. The molecule has 0 spiro atoms. The van der Waals surface area contributed by atoms with Crippen LogP contribution in [0.2, 0.25) is 0 Å². The van der Waals surface area contributed by atoms with E-state index in [1.165, 1.54) is 31.5 Å². The third-order valence-electron chi connectivity index (χ3n) is 6.11. The number of cyclic esters (lactones) is 1. The van der Waals surface area contributed by atoms with Gasteiger partial charge in [-0.25, -0.2) is 19.2 Å². The number of carbonyl (C=O) groups is 2. The third-order valence-corrected chi connectivity index (χ3v) is 6.11. The number of pyridine rings is 2. The fourth-order valence-electron chi connectivity index (χ4n) is 4.05. The lowest BCUT2D eigenvalue weighted by atomic mass is 10.0. The van der Waals surface area contributed by atoms with Crippen LogP contribution in [0.5, 0.6) is 0 Å². The number of carbonyl (C=O) groups excluding carboxylic acids is 2. The summed E-state index contributed by atoms with van der Waals surface area (Å²) in [5.74, 6) is -0.675. The van der Waals surface area contributed by atoms with Crippen LogP contribution < -0.4 is 15.5 Å². The molecule has 0 aliphatic carbocycles. The van der Waals surface area contributed by atoms with Crippen LogP contribution in [0.4, 0.5) is 39.9 Å². The van der Waals surface area contributed by atoms with Crippen LogP contribution in [0, 0.1) is 6.92 Å². The van der Waals surface area contributed by atoms with E-state index in [0.717, 1.165) is 17.0 Å².